The van der Waals surface area contributed by atoms with Crippen molar-refractivity contribution in [3.63, 3.8) is 0 Å². The van der Waals surface area contributed by atoms with Crippen molar-refractivity contribution in [2.45, 2.75) is 64.9 Å². The van der Waals surface area contributed by atoms with E-state index < -0.39 is 0 Å². The van der Waals surface area contributed by atoms with Crippen molar-refractivity contribution in [2.24, 2.45) is 5.92 Å². The molecule has 92 valence electrons. The van der Waals surface area contributed by atoms with Gasteiger partial charge in [-0.25, -0.2) is 0 Å². The van der Waals surface area contributed by atoms with E-state index in [1.807, 2.05) is 6.92 Å². The summed E-state index contributed by atoms with van der Waals surface area (Å²) in [5.41, 5.74) is 0. The Labute approximate surface area is 95.0 Å². The van der Waals surface area contributed by atoms with E-state index in [2.05, 4.69) is 6.92 Å². The van der Waals surface area contributed by atoms with Crippen LogP contribution in [0.25, 0.3) is 0 Å². The molecule has 0 amide bonds. The third-order valence-electron chi connectivity index (χ3n) is 2.94. The molecule has 0 heterocycles. The molecule has 0 aromatic carbocycles. The minimum atomic E-state index is -0.184. The molecule has 0 fully saturated rings. The van der Waals surface area contributed by atoms with Gasteiger partial charge in [0.15, 0.2) is 0 Å². The molecule has 0 saturated carbocycles. The van der Waals surface area contributed by atoms with Crippen LogP contribution in [0.5, 0.6) is 0 Å². The van der Waals surface area contributed by atoms with Gasteiger partial charge >= 0.3 is 0 Å². The highest BCUT2D eigenvalue weighted by atomic mass is 16.5. The Kier molecular flexibility index (Phi) is 10.4. The van der Waals surface area contributed by atoms with Gasteiger partial charge < -0.3 is 9.84 Å². The van der Waals surface area contributed by atoms with Gasteiger partial charge in [0.1, 0.15) is 0 Å². The Morgan fingerprint density at radius 2 is 1.67 bits per heavy atom. The number of aliphatic hydroxyl groups excluding tert-OH is 1. The van der Waals surface area contributed by atoms with Crippen molar-refractivity contribution in [1.82, 2.24) is 0 Å². The summed E-state index contributed by atoms with van der Waals surface area (Å²) >= 11 is 0. The fourth-order valence-corrected chi connectivity index (χ4v) is 1.79. The van der Waals surface area contributed by atoms with Crippen LogP contribution in [0.2, 0.25) is 0 Å². The minimum absolute atomic E-state index is 0.184. The number of methoxy groups -OCH3 is 1. The van der Waals surface area contributed by atoms with Crippen molar-refractivity contribution in [2.75, 3.05) is 13.7 Å². The maximum Gasteiger partial charge on any atom is 0.0587 e. The zero-order chi connectivity index (χ0) is 11.5. The smallest absolute Gasteiger partial charge is 0.0587 e. The second kappa shape index (κ2) is 10.4. The monoisotopic (exact) mass is 216 g/mol. The predicted octanol–water partition coefficient (Wildman–Crippen LogP) is 3.38. The first-order chi connectivity index (χ1) is 7.22. The quantitative estimate of drug-likeness (QED) is 0.567. The summed E-state index contributed by atoms with van der Waals surface area (Å²) in [4.78, 5) is 0. The molecular formula is C13H28O2. The van der Waals surface area contributed by atoms with Crippen molar-refractivity contribution in [3.8, 4) is 0 Å². The number of ether oxygens (including phenoxy) is 1. The lowest BCUT2D eigenvalue weighted by molar-refractivity contribution is 0.0503. The van der Waals surface area contributed by atoms with Gasteiger partial charge in [-0.1, -0.05) is 52.4 Å². The molecule has 0 saturated heterocycles. The van der Waals surface area contributed by atoms with Gasteiger partial charge in [0.2, 0.25) is 0 Å². The summed E-state index contributed by atoms with van der Waals surface area (Å²) < 4.78 is 5.02. The number of hydrogen-bond acceptors (Lipinski definition) is 2. The van der Waals surface area contributed by atoms with Crippen LogP contribution in [-0.2, 0) is 4.74 Å². The summed E-state index contributed by atoms with van der Waals surface area (Å²) in [7, 11) is 1.69. The minimum Gasteiger partial charge on any atom is -0.393 e. The van der Waals surface area contributed by atoms with Crippen LogP contribution in [0.15, 0.2) is 0 Å². The maximum absolute atomic E-state index is 9.77. The molecule has 0 aromatic heterocycles. The highest BCUT2D eigenvalue weighted by Gasteiger charge is 2.12. The van der Waals surface area contributed by atoms with Crippen molar-refractivity contribution in [3.05, 3.63) is 0 Å². The Hall–Kier alpha value is -0.0800. The topological polar surface area (TPSA) is 29.5 Å². The molecule has 2 heteroatoms. The molecule has 15 heavy (non-hydrogen) atoms. The van der Waals surface area contributed by atoms with Crippen molar-refractivity contribution in [1.29, 1.82) is 0 Å². The van der Waals surface area contributed by atoms with E-state index in [0.29, 0.717) is 6.61 Å². The van der Waals surface area contributed by atoms with Crippen LogP contribution in [0, 0.1) is 5.92 Å². The third kappa shape index (κ3) is 8.88. The van der Waals surface area contributed by atoms with Gasteiger partial charge in [0.25, 0.3) is 0 Å². The van der Waals surface area contributed by atoms with Gasteiger partial charge in [0, 0.05) is 13.0 Å². The van der Waals surface area contributed by atoms with Crippen LogP contribution in [-0.4, -0.2) is 24.9 Å². The second-order valence-electron chi connectivity index (χ2n) is 4.56. The van der Waals surface area contributed by atoms with Crippen LogP contribution in [0.4, 0.5) is 0 Å². The number of unbranched alkanes of at least 4 members (excludes halogenated alkanes) is 5. The molecule has 0 aliphatic heterocycles. The van der Waals surface area contributed by atoms with E-state index in [1.165, 1.54) is 32.1 Å². The molecule has 0 bridgehead atoms. The molecule has 0 aliphatic rings. The average Bonchev–Trinajstić information content (AvgIpc) is 2.23. The zero-order valence-electron chi connectivity index (χ0n) is 10.7. The Morgan fingerprint density at radius 1 is 1.07 bits per heavy atom. The van der Waals surface area contributed by atoms with Crippen LogP contribution < -0.4 is 0 Å². The SMILES string of the molecule is CCCCCCCCC(O)C(C)COC. The molecule has 1 N–H and O–H groups in total. The van der Waals surface area contributed by atoms with E-state index in [9.17, 15) is 5.11 Å². The van der Waals surface area contributed by atoms with Crippen molar-refractivity contribution >= 4 is 0 Å². The molecule has 0 rings (SSSR count). The molecule has 0 aliphatic carbocycles. The number of rotatable bonds is 10. The Morgan fingerprint density at radius 3 is 2.27 bits per heavy atom. The lowest BCUT2D eigenvalue weighted by Gasteiger charge is -2.17. The maximum atomic E-state index is 9.77. The molecule has 2 unspecified atom stereocenters. The highest BCUT2D eigenvalue weighted by Crippen LogP contribution is 2.13. The first-order valence-corrected chi connectivity index (χ1v) is 6.39. The summed E-state index contributed by atoms with van der Waals surface area (Å²) in [5.74, 6) is 0.269. The molecular weight excluding hydrogens is 188 g/mol. The average molecular weight is 216 g/mol. The Balaban J connectivity index is 3.26. The van der Waals surface area contributed by atoms with Gasteiger partial charge in [0.05, 0.1) is 12.7 Å². The second-order valence-corrected chi connectivity index (χ2v) is 4.56. The lowest BCUT2D eigenvalue weighted by Crippen LogP contribution is -2.21. The van der Waals surface area contributed by atoms with Gasteiger partial charge in [-0.3, -0.25) is 0 Å². The lowest BCUT2D eigenvalue weighted by atomic mass is 9.99. The molecule has 0 aromatic rings. The fourth-order valence-electron chi connectivity index (χ4n) is 1.79. The predicted molar refractivity (Wildman–Crippen MR) is 65.0 cm³/mol. The Bertz CT molecular complexity index is 126. The van der Waals surface area contributed by atoms with Crippen LogP contribution in [0.1, 0.15) is 58.8 Å². The fraction of sp³-hybridized carbons (Fsp3) is 1.00. The molecule has 0 radical (unpaired) electrons. The molecule has 2 nitrogen and oxygen atoms in total. The van der Waals surface area contributed by atoms with Gasteiger partial charge in [-0.2, -0.15) is 0 Å². The first kappa shape index (κ1) is 14.9. The van der Waals surface area contributed by atoms with E-state index in [1.54, 1.807) is 7.11 Å². The molecule has 2 atom stereocenters. The standard InChI is InChI=1S/C13H28O2/c1-4-5-6-7-8-9-10-13(14)12(2)11-15-3/h12-14H,4-11H2,1-3H3. The normalized spacial score (nSPS) is 15.2. The largest absolute Gasteiger partial charge is 0.393 e. The third-order valence-corrected chi connectivity index (χ3v) is 2.94. The van der Waals surface area contributed by atoms with Crippen LogP contribution >= 0.6 is 0 Å². The first-order valence-electron chi connectivity index (χ1n) is 6.39. The van der Waals surface area contributed by atoms with E-state index in [4.69, 9.17) is 4.74 Å². The highest BCUT2D eigenvalue weighted by molar-refractivity contribution is 4.63. The summed E-state index contributed by atoms with van der Waals surface area (Å²) in [6.07, 6.45) is 8.47. The summed E-state index contributed by atoms with van der Waals surface area (Å²) in [5, 5.41) is 9.77. The van der Waals surface area contributed by atoms with E-state index >= 15 is 0 Å². The number of aliphatic hydroxyl groups is 1. The van der Waals surface area contributed by atoms with Gasteiger partial charge in [-0.15, -0.1) is 0 Å². The number of hydrogen-bond donors (Lipinski definition) is 1. The summed E-state index contributed by atoms with van der Waals surface area (Å²) in [6.45, 7) is 4.94. The zero-order valence-corrected chi connectivity index (χ0v) is 10.7. The molecule has 0 spiro atoms. The van der Waals surface area contributed by atoms with E-state index in [-0.39, 0.29) is 12.0 Å². The van der Waals surface area contributed by atoms with E-state index in [0.717, 1.165) is 12.8 Å². The summed E-state index contributed by atoms with van der Waals surface area (Å²) in [6, 6.07) is 0. The van der Waals surface area contributed by atoms with Crippen molar-refractivity contribution < 1.29 is 9.84 Å². The van der Waals surface area contributed by atoms with Crippen LogP contribution in [0.3, 0.4) is 0 Å². The van der Waals surface area contributed by atoms with Gasteiger partial charge in [-0.05, 0) is 6.42 Å².